The van der Waals surface area contributed by atoms with Crippen molar-refractivity contribution in [2.75, 3.05) is 25.1 Å². The highest BCUT2D eigenvalue weighted by Gasteiger charge is 2.26. The van der Waals surface area contributed by atoms with E-state index in [0.717, 1.165) is 19.5 Å². The molecular weight excluding hydrogens is 270 g/mol. The molecule has 2 rings (SSSR count). The summed E-state index contributed by atoms with van der Waals surface area (Å²) in [5, 5.41) is 14.8. The Bertz CT molecular complexity index is 499. The van der Waals surface area contributed by atoms with Crippen LogP contribution in [0.2, 0.25) is 0 Å². The van der Waals surface area contributed by atoms with Crippen LogP contribution < -0.4 is 15.0 Å². The van der Waals surface area contributed by atoms with E-state index in [1.807, 2.05) is 0 Å². The van der Waals surface area contributed by atoms with Gasteiger partial charge in [-0.3, -0.25) is 10.1 Å². The molecule has 0 radical (unpaired) electrons. The highest BCUT2D eigenvalue weighted by molar-refractivity contribution is 5.66. The summed E-state index contributed by atoms with van der Waals surface area (Å²) in [4.78, 5) is 13.1. The van der Waals surface area contributed by atoms with E-state index in [0.29, 0.717) is 17.5 Å². The van der Waals surface area contributed by atoms with Crippen LogP contribution >= 0.6 is 0 Å². The lowest BCUT2D eigenvalue weighted by molar-refractivity contribution is -0.384. The van der Waals surface area contributed by atoms with Gasteiger partial charge in [0.25, 0.3) is 5.69 Å². The number of hydrogen-bond acceptors (Lipinski definition) is 5. The van der Waals surface area contributed by atoms with Gasteiger partial charge in [0, 0.05) is 18.6 Å². The predicted molar refractivity (Wildman–Crippen MR) is 83.2 cm³/mol. The molecular formula is C15H23N3O3. The maximum Gasteiger partial charge on any atom is 0.296 e. The van der Waals surface area contributed by atoms with Gasteiger partial charge in [-0.2, -0.15) is 0 Å². The molecule has 1 aromatic rings. The van der Waals surface area contributed by atoms with E-state index in [2.05, 4.69) is 24.1 Å². The molecule has 1 saturated heterocycles. The quantitative estimate of drug-likeness (QED) is 0.645. The van der Waals surface area contributed by atoms with Gasteiger partial charge in [0.2, 0.25) is 0 Å². The number of methoxy groups -OCH3 is 1. The van der Waals surface area contributed by atoms with E-state index in [1.54, 1.807) is 12.1 Å². The summed E-state index contributed by atoms with van der Waals surface area (Å²) in [6, 6.07) is 5.65. The largest absolute Gasteiger partial charge is 0.496 e. The molecule has 1 N–H and O–H groups in total. The van der Waals surface area contributed by atoms with Gasteiger partial charge in [0.1, 0.15) is 11.4 Å². The second kappa shape index (κ2) is 6.76. The first-order valence-corrected chi connectivity index (χ1v) is 7.35. The van der Waals surface area contributed by atoms with E-state index in [4.69, 9.17) is 4.74 Å². The lowest BCUT2D eigenvalue weighted by Gasteiger charge is -2.31. The number of ether oxygens (including phenoxy) is 1. The summed E-state index contributed by atoms with van der Waals surface area (Å²) in [5.41, 5.74) is 0.755. The Morgan fingerprint density at radius 3 is 2.81 bits per heavy atom. The van der Waals surface area contributed by atoms with Crippen molar-refractivity contribution in [3.05, 3.63) is 28.3 Å². The summed E-state index contributed by atoms with van der Waals surface area (Å²) in [5.74, 6) is 0.508. The highest BCUT2D eigenvalue weighted by atomic mass is 16.6. The van der Waals surface area contributed by atoms with Gasteiger partial charge >= 0.3 is 0 Å². The molecule has 1 aliphatic rings. The van der Waals surface area contributed by atoms with Crippen LogP contribution in [0, 0.1) is 10.1 Å². The minimum absolute atomic E-state index is 0.0982. The van der Waals surface area contributed by atoms with Crippen LogP contribution in [0.25, 0.3) is 0 Å². The minimum atomic E-state index is -0.338. The Hall–Kier alpha value is -1.82. The van der Waals surface area contributed by atoms with Crippen molar-refractivity contribution in [1.29, 1.82) is 0 Å². The molecule has 6 nitrogen and oxygen atoms in total. The molecule has 0 aromatic heterocycles. The molecule has 116 valence electrons. The SMILES string of the molecule is COc1ccc(N(CC2CCCN2)C(C)C)c([N+](=O)[O-])c1. The van der Waals surface area contributed by atoms with E-state index >= 15 is 0 Å². The number of hydrogen-bond donors (Lipinski definition) is 1. The Labute approximate surface area is 125 Å². The van der Waals surface area contributed by atoms with Crippen LogP contribution in [0.5, 0.6) is 5.75 Å². The zero-order chi connectivity index (χ0) is 15.4. The molecule has 1 fully saturated rings. The molecule has 1 aliphatic heterocycles. The molecule has 1 atom stereocenters. The van der Waals surface area contributed by atoms with Gasteiger partial charge in [-0.05, 0) is 45.4 Å². The number of nitrogens with one attached hydrogen (secondary N) is 1. The zero-order valence-corrected chi connectivity index (χ0v) is 12.8. The molecule has 21 heavy (non-hydrogen) atoms. The second-order valence-electron chi connectivity index (χ2n) is 5.65. The number of rotatable bonds is 6. The molecule has 0 amide bonds. The first-order valence-electron chi connectivity index (χ1n) is 7.35. The van der Waals surface area contributed by atoms with Crippen molar-refractivity contribution >= 4 is 11.4 Å². The third-order valence-corrected chi connectivity index (χ3v) is 3.89. The van der Waals surface area contributed by atoms with Crippen molar-refractivity contribution in [3.63, 3.8) is 0 Å². The lowest BCUT2D eigenvalue weighted by Crippen LogP contribution is -2.41. The van der Waals surface area contributed by atoms with Crippen LogP contribution in [-0.2, 0) is 0 Å². The van der Waals surface area contributed by atoms with Crippen LogP contribution in [-0.4, -0.2) is 37.2 Å². The summed E-state index contributed by atoms with van der Waals surface area (Å²) in [7, 11) is 1.52. The van der Waals surface area contributed by atoms with Gasteiger partial charge in [-0.25, -0.2) is 0 Å². The van der Waals surface area contributed by atoms with Gasteiger partial charge in [0.05, 0.1) is 18.1 Å². The second-order valence-corrected chi connectivity index (χ2v) is 5.65. The Morgan fingerprint density at radius 2 is 2.29 bits per heavy atom. The van der Waals surface area contributed by atoms with Crippen molar-refractivity contribution < 1.29 is 9.66 Å². The Kier molecular flexibility index (Phi) is 5.01. The normalized spacial score (nSPS) is 18.0. The lowest BCUT2D eigenvalue weighted by atomic mass is 10.1. The third kappa shape index (κ3) is 3.64. The average Bonchev–Trinajstić information content (AvgIpc) is 2.97. The fraction of sp³-hybridized carbons (Fsp3) is 0.600. The van der Waals surface area contributed by atoms with Crippen molar-refractivity contribution in [2.45, 2.75) is 38.8 Å². The highest BCUT2D eigenvalue weighted by Crippen LogP contribution is 2.33. The topological polar surface area (TPSA) is 67.6 Å². The number of nitrogens with zero attached hydrogens (tertiary/aromatic N) is 2. The summed E-state index contributed by atoms with van der Waals surface area (Å²) in [6.07, 6.45) is 2.29. The molecule has 0 bridgehead atoms. The summed E-state index contributed by atoms with van der Waals surface area (Å²) < 4.78 is 5.10. The maximum absolute atomic E-state index is 11.4. The molecule has 6 heteroatoms. The van der Waals surface area contributed by atoms with Crippen LogP contribution in [0.4, 0.5) is 11.4 Å². The van der Waals surface area contributed by atoms with E-state index in [-0.39, 0.29) is 16.7 Å². The maximum atomic E-state index is 11.4. The fourth-order valence-electron chi connectivity index (χ4n) is 2.76. The van der Waals surface area contributed by atoms with Gasteiger partial charge in [-0.15, -0.1) is 0 Å². The van der Waals surface area contributed by atoms with Crippen molar-refractivity contribution in [3.8, 4) is 5.75 Å². The van der Waals surface area contributed by atoms with Gasteiger partial charge in [-0.1, -0.05) is 0 Å². The van der Waals surface area contributed by atoms with Crippen LogP contribution in [0.1, 0.15) is 26.7 Å². The Balaban J connectivity index is 2.32. The third-order valence-electron chi connectivity index (χ3n) is 3.89. The first-order chi connectivity index (χ1) is 10.0. The van der Waals surface area contributed by atoms with Crippen LogP contribution in [0.15, 0.2) is 18.2 Å². The van der Waals surface area contributed by atoms with E-state index in [1.165, 1.54) is 19.6 Å². The standard InChI is InChI=1S/C15H23N3O3/c1-11(2)17(10-12-5-4-8-16-12)14-7-6-13(21-3)9-15(14)18(19)20/h6-7,9,11-12,16H,4-5,8,10H2,1-3H3. The predicted octanol–water partition coefficient (Wildman–Crippen LogP) is 2.57. The zero-order valence-electron chi connectivity index (χ0n) is 12.8. The number of nitro groups is 1. The molecule has 1 unspecified atom stereocenters. The van der Waals surface area contributed by atoms with Crippen molar-refractivity contribution in [1.82, 2.24) is 5.32 Å². The summed E-state index contributed by atoms with van der Waals surface area (Å²) in [6.45, 7) is 5.93. The monoisotopic (exact) mass is 293 g/mol. The van der Waals surface area contributed by atoms with E-state index in [9.17, 15) is 10.1 Å². The molecule has 0 spiro atoms. The van der Waals surface area contributed by atoms with Crippen LogP contribution in [0.3, 0.4) is 0 Å². The Morgan fingerprint density at radius 1 is 1.52 bits per heavy atom. The molecule has 0 saturated carbocycles. The number of nitro benzene ring substituents is 1. The van der Waals surface area contributed by atoms with Gasteiger partial charge < -0.3 is 15.0 Å². The smallest absolute Gasteiger partial charge is 0.296 e. The molecule has 0 aliphatic carbocycles. The average molecular weight is 293 g/mol. The number of anilines is 1. The number of benzene rings is 1. The van der Waals surface area contributed by atoms with Crippen molar-refractivity contribution in [2.24, 2.45) is 0 Å². The van der Waals surface area contributed by atoms with E-state index < -0.39 is 0 Å². The fourth-order valence-corrected chi connectivity index (χ4v) is 2.76. The molecule has 1 heterocycles. The summed E-state index contributed by atoms with van der Waals surface area (Å²) >= 11 is 0. The first kappa shape index (κ1) is 15.6. The molecule has 1 aromatic carbocycles. The minimum Gasteiger partial charge on any atom is -0.496 e. The van der Waals surface area contributed by atoms with Gasteiger partial charge in [0.15, 0.2) is 0 Å².